The molecule has 1 amide bonds. The molecule has 1 aliphatic heterocycles. The van der Waals surface area contributed by atoms with Crippen LogP contribution in [-0.4, -0.2) is 54.0 Å². The van der Waals surface area contributed by atoms with Crippen LogP contribution in [0.5, 0.6) is 5.75 Å². The molecule has 1 aromatic heterocycles. The van der Waals surface area contributed by atoms with E-state index in [9.17, 15) is 4.79 Å². The minimum absolute atomic E-state index is 0.00797. The van der Waals surface area contributed by atoms with Gasteiger partial charge in [0.25, 0.3) is 5.91 Å². The molecule has 164 valence electrons. The Kier molecular flexibility index (Phi) is 5.70. The van der Waals surface area contributed by atoms with Crippen LogP contribution in [0.3, 0.4) is 0 Å². The largest absolute Gasteiger partial charge is 0.492 e. The number of aryl methyl sites for hydroxylation is 1. The van der Waals surface area contributed by atoms with E-state index in [1.54, 1.807) is 12.3 Å². The van der Waals surface area contributed by atoms with Crippen LogP contribution in [0.2, 0.25) is 0 Å². The molecule has 5 heteroatoms. The molecule has 5 nitrogen and oxygen atoms in total. The standard InChI is InChI=1S/C26H33N3O2/c1-28-13-3-4-25(28)21-8-7-20-15-22(10-9-19(20)14-21)29(2)26(30)24-12-11-23(16-27-24)31-17-18-5-6-18/h7-8,11-12,14,16,18,22,25H,3-6,9-10,13,15,17H2,1-2H3. The van der Waals surface area contributed by atoms with Gasteiger partial charge in [0.2, 0.25) is 0 Å². The van der Waals surface area contributed by atoms with Crippen LogP contribution in [0, 0.1) is 5.92 Å². The van der Waals surface area contributed by atoms with Crippen LogP contribution in [0.15, 0.2) is 36.5 Å². The Morgan fingerprint density at radius 2 is 2.03 bits per heavy atom. The number of hydrogen-bond acceptors (Lipinski definition) is 4. The van der Waals surface area contributed by atoms with E-state index >= 15 is 0 Å². The minimum atomic E-state index is -0.00797. The van der Waals surface area contributed by atoms with Crippen molar-refractivity contribution in [1.29, 1.82) is 0 Å². The van der Waals surface area contributed by atoms with E-state index < -0.39 is 0 Å². The number of benzene rings is 1. The number of pyridine rings is 1. The van der Waals surface area contributed by atoms with Gasteiger partial charge in [-0.15, -0.1) is 0 Å². The fourth-order valence-corrected chi connectivity index (χ4v) is 5.06. The van der Waals surface area contributed by atoms with Crippen molar-refractivity contribution in [2.45, 2.75) is 57.0 Å². The number of amides is 1. The number of aromatic nitrogens is 1. The maximum atomic E-state index is 13.0. The lowest BCUT2D eigenvalue weighted by Crippen LogP contribution is -2.41. The molecule has 31 heavy (non-hydrogen) atoms. The lowest BCUT2D eigenvalue weighted by atomic mass is 9.85. The van der Waals surface area contributed by atoms with Gasteiger partial charge in [0.1, 0.15) is 11.4 Å². The number of ether oxygens (including phenoxy) is 1. The van der Waals surface area contributed by atoms with Crippen molar-refractivity contribution in [3.63, 3.8) is 0 Å². The lowest BCUT2D eigenvalue weighted by Gasteiger charge is -2.33. The van der Waals surface area contributed by atoms with Gasteiger partial charge in [0.15, 0.2) is 0 Å². The highest BCUT2D eigenvalue weighted by Crippen LogP contribution is 2.34. The van der Waals surface area contributed by atoms with E-state index in [1.165, 1.54) is 48.9 Å². The normalized spacial score (nSPS) is 23.4. The molecule has 2 aromatic rings. The highest BCUT2D eigenvalue weighted by molar-refractivity contribution is 5.92. The van der Waals surface area contributed by atoms with Gasteiger partial charge in [-0.3, -0.25) is 9.69 Å². The van der Waals surface area contributed by atoms with E-state index in [0.717, 1.165) is 31.6 Å². The number of carbonyl (C=O) groups excluding carboxylic acids is 1. The second-order valence-electron chi connectivity index (χ2n) is 9.61. The zero-order chi connectivity index (χ0) is 21.4. The van der Waals surface area contributed by atoms with Crippen molar-refractivity contribution < 1.29 is 9.53 Å². The summed E-state index contributed by atoms with van der Waals surface area (Å²) in [6, 6.07) is 11.5. The average molecular weight is 420 g/mol. The monoisotopic (exact) mass is 419 g/mol. The van der Waals surface area contributed by atoms with Crippen LogP contribution < -0.4 is 4.74 Å². The Hall–Kier alpha value is -2.40. The Labute approximate surface area is 185 Å². The summed E-state index contributed by atoms with van der Waals surface area (Å²) in [6.07, 6.45) is 9.70. The molecule has 0 spiro atoms. The van der Waals surface area contributed by atoms with E-state index in [1.807, 2.05) is 18.0 Å². The fourth-order valence-electron chi connectivity index (χ4n) is 5.06. The van der Waals surface area contributed by atoms with Crippen LogP contribution >= 0.6 is 0 Å². The number of rotatable bonds is 6. The Morgan fingerprint density at radius 1 is 1.16 bits per heavy atom. The summed E-state index contributed by atoms with van der Waals surface area (Å²) in [7, 11) is 4.15. The van der Waals surface area contributed by atoms with E-state index in [4.69, 9.17) is 4.74 Å². The minimum Gasteiger partial charge on any atom is -0.492 e. The molecule has 3 aliphatic rings. The Morgan fingerprint density at radius 3 is 2.74 bits per heavy atom. The number of likely N-dealkylation sites (N-methyl/N-ethyl adjacent to an activating group) is 1. The third-order valence-electron chi connectivity index (χ3n) is 7.34. The number of hydrogen-bond donors (Lipinski definition) is 0. The summed E-state index contributed by atoms with van der Waals surface area (Å²) in [5, 5.41) is 0. The molecule has 1 aromatic carbocycles. The van der Waals surface area contributed by atoms with Crippen LogP contribution in [-0.2, 0) is 12.8 Å². The van der Waals surface area contributed by atoms with Crippen molar-refractivity contribution in [3.8, 4) is 5.75 Å². The first kappa shape index (κ1) is 20.5. The Bertz CT molecular complexity index is 938. The van der Waals surface area contributed by atoms with Crippen molar-refractivity contribution >= 4 is 5.91 Å². The molecule has 2 unspecified atom stereocenters. The topological polar surface area (TPSA) is 45.7 Å². The third-order valence-corrected chi connectivity index (χ3v) is 7.34. The van der Waals surface area contributed by atoms with Crippen LogP contribution in [0.1, 0.15) is 65.3 Å². The van der Waals surface area contributed by atoms with Crippen molar-refractivity contribution in [1.82, 2.24) is 14.8 Å². The van der Waals surface area contributed by atoms with E-state index in [0.29, 0.717) is 17.7 Å². The summed E-state index contributed by atoms with van der Waals surface area (Å²) in [5.74, 6) is 1.45. The molecule has 0 N–H and O–H groups in total. The zero-order valence-electron chi connectivity index (χ0n) is 18.7. The Balaban J connectivity index is 1.22. The van der Waals surface area contributed by atoms with E-state index in [-0.39, 0.29) is 11.9 Å². The molecule has 5 rings (SSSR count). The van der Waals surface area contributed by atoms with Gasteiger partial charge in [0, 0.05) is 19.1 Å². The molecule has 0 radical (unpaired) electrons. The van der Waals surface area contributed by atoms with Gasteiger partial charge in [-0.25, -0.2) is 4.98 Å². The molecule has 0 bridgehead atoms. The average Bonchev–Trinajstić information content (AvgIpc) is 3.54. The molecule has 2 fully saturated rings. The SMILES string of the molecule is CN1CCCC1c1ccc2c(c1)CCC(N(C)C(=O)c1ccc(OCC3CC3)cn1)C2. The van der Waals surface area contributed by atoms with Crippen molar-refractivity contribution in [2.24, 2.45) is 5.92 Å². The van der Waals surface area contributed by atoms with Crippen molar-refractivity contribution in [3.05, 3.63) is 58.9 Å². The first-order valence-electron chi connectivity index (χ1n) is 11.8. The second kappa shape index (κ2) is 8.62. The molecular weight excluding hydrogens is 386 g/mol. The summed E-state index contributed by atoms with van der Waals surface area (Å²) < 4.78 is 5.74. The third kappa shape index (κ3) is 4.47. The first-order chi connectivity index (χ1) is 15.1. The maximum absolute atomic E-state index is 13.0. The summed E-state index contributed by atoms with van der Waals surface area (Å²) >= 11 is 0. The smallest absolute Gasteiger partial charge is 0.272 e. The quantitative estimate of drug-likeness (QED) is 0.702. The predicted octanol–water partition coefficient (Wildman–Crippen LogP) is 4.27. The first-order valence-corrected chi connectivity index (χ1v) is 11.8. The van der Waals surface area contributed by atoms with Gasteiger partial charge < -0.3 is 9.64 Å². The lowest BCUT2D eigenvalue weighted by molar-refractivity contribution is 0.0713. The summed E-state index contributed by atoms with van der Waals surface area (Å²) in [6.45, 7) is 1.95. The number of fused-ring (bicyclic) bond motifs is 1. The van der Waals surface area contributed by atoms with E-state index in [2.05, 4.69) is 35.1 Å². The summed E-state index contributed by atoms with van der Waals surface area (Å²) in [4.78, 5) is 21.8. The van der Waals surface area contributed by atoms with Gasteiger partial charge in [-0.1, -0.05) is 18.2 Å². The van der Waals surface area contributed by atoms with Crippen LogP contribution in [0.25, 0.3) is 0 Å². The molecule has 1 saturated carbocycles. The zero-order valence-corrected chi connectivity index (χ0v) is 18.7. The number of nitrogens with zero attached hydrogens (tertiary/aromatic N) is 3. The highest BCUT2D eigenvalue weighted by Gasteiger charge is 2.28. The van der Waals surface area contributed by atoms with Gasteiger partial charge in [-0.2, -0.15) is 0 Å². The number of carbonyl (C=O) groups is 1. The van der Waals surface area contributed by atoms with Gasteiger partial charge >= 0.3 is 0 Å². The van der Waals surface area contributed by atoms with Crippen LogP contribution in [0.4, 0.5) is 0 Å². The number of likely N-dealkylation sites (tertiary alicyclic amines) is 1. The highest BCUT2D eigenvalue weighted by atomic mass is 16.5. The maximum Gasteiger partial charge on any atom is 0.272 e. The molecule has 2 heterocycles. The fraction of sp³-hybridized carbons (Fsp3) is 0.538. The molecule has 1 saturated heterocycles. The summed E-state index contributed by atoms with van der Waals surface area (Å²) in [5.41, 5.74) is 4.80. The molecular formula is C26H33N3O2. The predicted molar refractivity (Wildman–Crippen MR) is 121 cm³/mol. The second-order valence-corrected chi connectivity index (χ2v) is 9.61. The van der Waals surface area contributed by atoms with Gasteiger partial charge in [-0.05, 0) is 93.3 Å². The van der Waals surface area contributed by atoms with Gasteiger partial charge in [0.05, 0.1) is 12.8 Å². The van der Waals surface area contributed by atoms with Crippen molar-refractivity contribution in [2.75, 3.05) is 27.2 Å². The molecule has 2 aliphatic carbocycles. The molecule has 2 atom stereocenters.